The first-order valence-corrected chi connectivity index (χ1v) is 9.84. The van der Waals surface area contributed by atoms with Crippen molar-refractivity contribution in [2.24, 2.45) is 11.8 Å². The van der Waals surface area contributed by atoms with Crippen molar-refractivity contribution in [1.82, 2.24) is 20.4 Å². The molecule has 1 aromatic carbocycles. The third-order valence-corrected chi connectivity index (χ3v) is 6.73. The molecule has 0 radical (unpaired) electrons. The van der Waals surface area contributed by atoms with Crippen molar-refractivity contribution in [3.05, 3.63) is 35.6 Å². The largest absolute Gasteiger partial charge is 0.341 e. The fourth-order valence-electron chi connectivity index (χ4n) is 5.08. The summed E-state index contributed by atoms with van der Waals surface area (Å²) in [5.41, 5.74) is 0.440. The Morgan fingerprint density at radius 3 is 2.25 bits per heavy atom. The van der Waals surface area contributed by atoms with Gasteiger partial charge in [-0.15, -0.1) is 0 Å². The minimum Gasteiger partial charge on any atom is -0.341 e. The van der Waals surface area contributed by atoms with Gasteiger partial charge in [0, 0.05) is 26.2 Å². The molecule has 3 atom stereocenters. The molecule has 5 rings (SSSR count). The number of carbonyl (C=O) groups excluding carboxylic acids is 3. The summed E-state index contributed by atoms with van der Waals surface area (Å²) in [5.74, 6) is 0.332. The van der Waals surface area contributed by atoms with E-state index in [0.29, 0.717) is 24.9 Å². The second-order valence-electron chi connectivity index (χ2n) is 8.51. The lowest BCUT2D eigenvalue weighted by atomic mass is 9.94. The van der Waals surface area contributed by atoms with E-state index in [1.165, 1.54) is 12.1 Å². The number of urea groups is 1. The maximum absolute atomic E-state index is 13.2. The number of hydrogen-bond donors (Lipinski definition) is 2. The number of benzene rings is 1. The van der Waals surface area contributed by atoms with Crippen LogP contribution in [0.1, 0.15) is 24.8 Å². The molecular formula is C20H23FN4O3. The molecule has 0 spiro atoms. The lowest BCUT2D eigenvalue weighted by Crippen LogP contribution is -2.58. The number of carbonyl (C=O) groups is 3. The van der Waals surface area contributed by atoms with E-state index in [4.69, 9.17) is 0 Å². The second kappa shape index (κ2) is 6.27. The fraction of sp³-hybridized carbons (Fsp3) is 0.550. The molecular weight excluding hydrogens is 363 g/mol. The molecule has 0 aromatic heterocycles. The van der Waals surface area contributed by atoms with Gasteiger partial charge in [0.1, 0.15) is 5.82 Å². The average Bonchev–Trinajstić information content (AvgIpc) is 3.21. The number of likely N-dealkylation sites (tertiary alicyclic amines) is 2. The van der Waals surface area contributed by atoms with Crippen molar-refractivity contribution < 1.29 is 18.8 Å². The van der Waals surface area contributed by atoms with Gasteiger partial charge in [0.2, 0.25) is 11.8 Å². The van der Waals surface area contributed by atoms with Gasteiger partial charge in [-0.1, -0.05) is 12.1 Å². The molecule has 4 aliphatic rings. The van der Waals surface area contributed by atoms with E-state index in [9.17, 15) is 18.8 Å². The number of nitrogens with zero attached hydrogens (tertiary/aromatic N) is 2. The Bertz CT molecular complexity index is 808. The van der Waals surface area contributed by atoms with Gasteiger partial charge in [-0.05, 0) is 42.4 Å². The number of amides is 4. The molecule has 3 unspecified atom stereocenters. The molecule has 148 valence electrons. The van der Waals surface area contributed by atoms with E-state index in [0.717, 1.165) is 31.5 Å². The quantitative estimate of drug-likeness (QED) is 0.805. The zero-order valence-corrected chi connectivity index (χ0v) is 15.5. The zero-order valence-electron chi connectivity index (χ0n) is 15.5. The molecule has 4 fully saturated rings. The van der Waals surface area contributed by atoms with Gasteiger partial charge in [0.05, 0.1) is 18.0 Å². The van der Waals surface area contributed by atoms with Gasteiger partial charge in [0.25, 0.3) is 0 Å². The van der Waals surface area contributed by atoms with E-state index in [-0.39, 0.29) is 30.2 Å². The van der Waals surface area contributed by atoms with Gasteiger partial charge in [-0.25, -0.2) is 9.18 Å². The summed E-state index contributed by atoms with van der Waals surface area (Å²) >= 11 is 0. The van der Waals surface area contributed by atoms with Crippen molar-refractivity contribution in [2.45, 2.75) is 30.8 Å². The van der Waals surface area contributed by atoms with Gasteiger partial charge in [-0.3, -0.25) is 19.8 Å². The molecule has 3 aliphatic heterocycles. The topological polar surface area (TPSA) is 81.8 Å². The van der Waals surface area contributed by atoms with Crippen LogP contribution in [0.5, 0.6) is 0 Å². The molecule has 7 nitrogen and oxygen atoms in total. The highest BCUT2D eigenvalue weighted by Gasteiger charge is 2.55. The van der Waals surface area contributed by atoms with Crippen molar-refractivity contribution in [1.29, 1.82) is 0 Å². The Labute approximate surface area is 162 Å². The van der Waals surface area contributed by atoms with E-state index >= 15 is 0 Å². The molecule has 1 saturated carbocycles. The summed E-state index contributed by atoms with van der Waals surface area (Å²) in [7, 11) is 0. The molecule has 2 N–H and O–H groups in total. The smallest absolute Gasteiger partial charge is 0.322 e. The van der Waals surface area contributed by atoms with E-state index in [1.807, 2.05) is 4.90 Å². The third kappa shape index (κ3) is 2.87. The number of fused-ring (bicyclic) bond motifs is 1. The van der Waals surface area contributed by atoms with E-state index in [1.54, 1.807) is 12.1 Å². The van der Waals surface area contributed by atoms with Gasteiger partial charge in [-0.2, -0.15) is 0 Å². The normalized spacial score (nSPS) is 31.3. The lowest BCUT2D eigenvalue weighted by molar-refractivity contribution is -0.133. The Morgan fingerprint density at radius 1 is 1.04 bits per heavy atom. The maximum Gasteiger partial charge on any atom is 0.322 e. The minimum absolute atomic E-state index is 0.158. The summed E-state index contributed by atoms with van der Waals surface area (Å²) in [4.78, 5) is 40.5. The summed E-state index contributed by atoms with van der Waals surface area (Å²) in [6.45, 7) is 2.96. The fourth-order valence-corrected chi connectivity index (χ4v) is 5.08. The SMILES string of the molecule is O=C1CC(N2CC3CN(C(=O)C4(c5ccc(F)cc5)CC4)CC3C2)NC(=O)N1. The average molecular weight is 386 g/mol. The van der Waals surface area contributed by atoms with Crippen LogP contribution in [0, 0.1) is 17.7 Å². The first kappa shape index (κ1) is 17.6. The van der Waals surface area contributed by atoms with Crippen molar-refractivity contribution in [3.8, 4) is 0 Å². The van der Waals surface area contributed by atoms with Gasteiger partial charge < -0.3 is 10.2 Å². The zero-order chi connectivity index (χ0) is 19.5. The van der Waals surface area contributed by atoms with Crippen LogP contribution in [0.4, 0.5) is 9.18 Å². The first-order chi connectivity index (χ1) is 13.4. The Hall–Kier alpha value is -2.48. The number of rotatable bonds is 3. The Morgan fingerprint density at radius 2 is 1.68 bits per heavy atom. The summed E-state index contributed by atoms with van der Waals surface area (Å²) in [6.07, 6.45) is 1.64. The second-order valence-corrected chi connectivity index (χ2v) is 8.51. The van der Waals surface area contributed by atoms with Crippen LogP contribution < -0.4 is 10.6 Å². The standard InChI is InChI=1S/C20H23FN4O3/c21-15-3-1-14(2-4-15)20(5-6-20)18(27)25-10-12-8-24(9-13(12)11-25)16-7-17(26)23-19(28)22-16/h1-4,12-13,16H,5-11H2,(H2,22,23,26,28). The highest BCUT2D eigenvalue weighted by molar-refractivity contribution is 5.97. The molecule has 3 saturated heterocycles. The highest BCUT2D eigenvalue weighted by atomic mass is 19.1. The third-order valence-electron chi connectivity index (χ3n) is 6.73. The Balaban J connectivity index is 1.23. The molecule has 4 amide bonds. The van der Waals surface area contributed by atoms with E-state index < -0.39 is 11.4 Å². The van der Waals surface area contributed by atoms with Gasteiger partial charge in [0.15, 0.2) is 0 Å². The van der Waals surface area contributed by atoms with Crippen LogP contribution in [0.25, 0.3) is 0 Å². The number of nitrogens with one attached hydrogen (secondary N) is 2. The molecule has 8 heteroatoms. The summed E-state index contributed by atoms with van der Waals surface area (Å²) < 4.78 is 13.2. The van der Waals surface area contributed by atoms with Crippen LogP contribution in [0.15, 0.2) is 24.3 Å². The summed E-state index contributed by atoms with van der Waals surface area (Å²) in [6, 6.07) is 5.87. The first-order valence-electron chi connectivity index (χ1n) is 9.84. The monoisotopic (exact) mass is 386 g/mol. The van der Waals surface area contributed by atoms with Crippen molar-refractivity contribution in [3.63, 3.8) is 0 Å². The summed E-state index contributed by atoms with van der Waals surface area (Å²) in [5, 5.41) is 5.07. The van der Waals surface area contributed by atoms with Crippen LogP contribution in [0.2, 0.25) is 0 Å². The van der Waals surface area contributed by atoms with Crippen LogP contribution in [-0.2, 0) is 15.0 Å². The predicted molar refractivity (Wildman–Crippen MR) is 97.5 cm³/mol. The van der Waals surface area contributed by atoms with Crippen LogP contribution in [0.3, 0.4) is 0 Å². The van der Waals surface area contributed by atoms with Gasteiger partial charge >= 0.3 is 6.03 Å². The van der Waals surface area contributed by atoms with Crippen LogP contribution in [-0.4, -0.2) is 60.0 Å². The molecule has 1 aromatic rings. The molecule has 28 heavy (non-hydrogen) atoms. The van der Waals surface area contributed by atoms with Crippen molar-refractivity contribution >= 4 is 17.8 Å². The van der Waals surface area contributed by atoms with Crippen molar-refractivity contribution in [2.75, 3.05) is 26.2 Å². The molecule has 0 bridgehead atoms. The highest BCUT2D eigenvalue weighted by Crippen LogP contribution is 2.50. The lowest BCUT2D eigenvalue weighted by Gasteiger charge is -2.32. The minimum atomic E-state index is -0.471. The number of imide groups is 1. The number of halogens is 1. The van der Waals surface area contributed by atoms with Crippen LogP contribution >= 0.6 is 0 Å². The molecule has 3 heterocycles. The number of hydrogen-bond acceptors (Lipinski definition) is 4. The molecule has 1 aliphatic carbocycles. The maximum atomic E-state index is 13.2. The Kier molecular flexibility index (Phi) is 3.94. The predicted octanol–water partition coefficient (Wildman–Crippen LogP) is 0.803. The van der Waals surface area contributed by atoms with E-state index in [2.05, 4.69) is 15.5 Å².